The molecule has 0 spiro atoms. The lowest BCUT2D eigenvalue weighted by Gasteiger charge is -2.37. The predicted molar refractivity (Wildman–Crippen MR) is 168 cm³/mol. The summed E-state index contributed by atoms with van der Waals surface area (Å²) in [4.78, 5) is 0. The average molecular weight is 563 g/mol. The molecule has 41 heavy (non-hydrogen) atoms. The van der Waals surface area contributed by atoms with Gasteiger partial charge in [0.25, 0.3) is 0 Å². The number of benzene rings is 2. The van der Waals surface area contributed by atoms with Crippen molar-refractivity contribution in [2.45, 2.75) is 97.3 Å². The lowest BCUT2D eigenvalue weighted by Crippen LogP contribution is -2.43. The average Bonchev–Trinajstić information content (AvgIpc) is 3.17. The van der Waals surface area contributed by atoms with Crippen molar-refractivity contribution in [2.24, 2.45) is 10.8 Å². The second-order valence-electron chi connectivity index (χ2n) is 14.2. The van der Waals surface area contributed by atoms with E-state index in [1.54, 1.807) is 11.1 Å². The van der Waals surface area contributed by atoms with E-state index < -0.39 is 0 Å². The Labute approximate surface area is 249 Å². The van der Waals surface area contributed by atoms with E-state index in [9.17, 15) is 0 Å². The van der Waals surface area contributed by atoms with E-state index >= 15 is 0 Å². The van der Waals surface area contributed by atoms with E-state index in [2.05, 4.69) is 64.1 Å². The Balaban J connectivity index is 1.16. The standard InChI is InChI=1S/C37H54O4/c1-29-13-15-31-32-16-14-30(2)22-34(32)37(33(31)21-29,17-9-5-7-11-19-38-23-35(3)25-40-26-35)18-10-6-8-12-20-39-24-36(4)27-41-28-36/h13-16,21-22H,5-12,17-20,23-28H2,1-4H3. The third kappa shape index (κ3) is 7.44. The number of fused-ring (bicyclic) bond motifs is 3. The van der Waals surface area contributed by atoms with Gasteiger partial charge in [-0.15, -0.1) is 0 Å². The van der Waals surface area contributed by atoms with Gasteiger partial charge in [0, 0.05) is 29.5 Å². The normalized spacial score (nSPS) is 19.3. The predicted octanol–water partition coefficient (Wildman–Crippen LogP) is 8.58. The zero-order chi connectivity index (χ0) is 28.8. The molecule has 5 rings (SSSR count). The summed E-state index contributed by atoms with van der Waals surface area (Å²) in [5.41, 5.74) is 9.49. The molecule has 2 heterocycles. The molecular weight excluding hydrogens is 508 g/mol. The summed E-state index contributed by atoms with van der Waals surface area (Å²) in [6.07, 6.45) is 12.4. The minimum atomic E-state index is 0.132. The minimum absolute atomic E-state index is 0.132. The van der Waals surface area contributed by atoms with E-state index in [1.165, 1.54) is 73.6 Å². The molecule has 4 heteroatoms. The summed E-state index contributed by atoms with van der Waals surface area (Å²) in [6.45, 7) is 15.8. The Morgan fingerprint density at radius 1 is 0.585 bits per heavy atom. The Bertz CT molecular complexity index is 1040. The SMILES string of the molecule is Cc1ccc2c(c1)C(CCCCCCOCC1(C)COC1)(CCCCCCOCC1(C)COC1)c1cc(C)ccc1-2. The molecule has 0 radical (unpaired) electrons. The fraction of sp³-hybridized carbons (Fsp3) is 0.676. The fourth-order valence-electron chi connectivity index (χ4n) is 7.06. The topological polar surface area (TPSA) is 36.9 Å². The van der Waals surface area contributed by atoms with Crippen LogP contribution in [0.1, 0.15) is 100 Å². The van der Waals surface area contributed by atoms with Crippen LogP contribution in [0.15, 0.2) is 36.4 Å². The van der Waals surface area contributed by atoms with Crippen LogP contribution < -0.4 is 0 Å². The van der Waals surface area contributed by atoms with E-state index in [-0.39, 0.29) is 16.2 Å². The summed E-state index contributed by atoms with van der Waals surface area (Å²) < 4.78 is 22.7. The van der Waals surface area contributed by atoms with Gasteiger partial charge in [0.05, 0.1) is 39.6 Å². The van der Waals surface area contributed by atoms with Crippen molar-refractivity contribution in [3.05, 3.63) is 58.7 Å². The van der Waals surface area contributed by atoms with Crippen LogP contribution in [0, 0.1) is 24.7 Å². The highest BCUT2D eigenvalue weighted by atomic mass is 16.5. The van der Waals surface area contributed by atoms with Crippen molar-refractivity contribution < 1.29 is 18.9 Å². The Morgan fingerprint density at radius 2 is 1.00 bits per heavy atom. The van der Waals surface area contributed by atoms with Crippen LogP contribution in [0.4, 0.5) is 0 Å². The van der Waals surface area contributed by atoms with E-state index in [4.69, 9.17) is 18.9 Å². The molecule has 2 aromatic carbocycles. The van der Waals surface area contributed by atoms with Gasteiger partial charge in [-0.3, -0.25) is 0 Å². The lowest BCUT2D eigenvalue weighted by molar-refractivity contribution is -0.137. The monoisotopic (exact) mass is 562 g/mol. The van der Waals surface area contributed by atoms with Gasteiger partial charge in [-0.05, 0) is 61.8 Å². The summed E-state index contributed by atoms with van der Waals surface area (Å²) >= 11 is 0. The largest absolute Gasteiger partial charge is 0.381 e. The number of hydrogen-bond donors (Lipinski definition) is 0. The van der Waals surface area contributed by atoms with Crippen molar-refractivity contribution in [3.8, 4) is 11.1 Å². The molecule has 4 nitrogen and oxygen atoms in total. The zero-order valence-electron chi connectivity index (χ0n) is 26.3. The third-order valence-electron chi connectivity index (χ3n) is 9.66. The number of ether oxygens (including phenoxy) is 4. The summed E-state index contributed by atoms with van der Waals surface area (Å²) in [5, 5.41) is 0. The van der Waals surface area contributed by atoms with Crippen LogP contribution in [-0.4, -0.2) is 52.9 Å². The van der Waals surface area contributed by atoms with Crippen LogP contribution in [-0.2, 0) is 24.4 Å². The van der Waals surface area contributed by atoms with Crippen molar-refractivity contribution in [3.63, 3.8) is 0 Å². The van der Waals surface area contributed by atoms with Gasteiger partial charge in [0.2, 0.25) is 0 Å². The van der Waals surface area contributed by atoms with Gasteiger partial charge in [-0.25, -0.2) is 0 Å². The van der Waals surface area contributed by atoms with E-state index in [0.29, 0.717) is 0 Å². The van der Waals surface area contributed by atoms with Gasteiger partial charge < -0.3 is 18.9 Å². The van der Waals surface area contributed by atoms with Crippen LogP contribution >= 0.6 is 0 Å². The first kappa shape index (κ1) is 30.7. The number of aryl methyl sites for hydroxylation is 2. The first-order valence-electron chi connectivity index (χ1n) is 16.4. The van der Waals surface area contributed by atoms with Crippen LogP contribution in [0.2, 0.25) is 0 Å². The maximum Gasteiger partial charge on any atom is 0.0564 e. The third-order valence-corrected chi connectivity index (χ3v) is 9.66. The van der Waals surface area contributed by atoms with Gasteiger partial charge in [-0.2, -0.15) is 0 Å². The molecule has 2 saturated heterocycles. The molecule has 0 bridgehead atoms. The van der Waals surface area contributed by atoms with Gasteiger partial charge in [0.15, 0.2) is 0 Å². The lowest BCUT2D eigenvalue weighted by atomic mass is 9.70. The molecule has 1 aliphatic carbocycles. The van der Waals surface area contributed by atoms with Crippen molar-refractivity contribution in [1.82, 2.24) is 0 Å². The Kier molecular flexibility index (Phi) is 10.3. The quantitative estimate of drug-likeness (QED) is 0.171. The molecule has 2 aliphatic heterocycles. The van der Waals surface area contributed by atoms with Crippen LogP contribution in [0.3, 0.4) is 0 Å². The highest BCUT2D eigenvalue weighted by molar-refractivity contribution is 5.81. The van der Waals surface area contributed by atoms with Gasteiger partial charge in [-0.1, -0.05) is 99.9 Å². The molecule has 2 fully saturated rings. The molecule has 0 aromatic heterocycles. The Hall–Kier alpha value is -1.72. The molecule has 0 saturated carbocycles. The number of hydrogen-bond acceptors (Lipinski definition) is 4. The molecule has 3 aliphatic rings. The Morgan fingerprint density at radius 3 is 1.39 bits per heavy atom. The molecule has 2 aromatic rings. The number of unbranched alkanes of at least 4 members (excludes halogenated alkanes) is 6. The minimum Gasteiger partial charge on any atom is -0.381 e. The second-order valence-corrected chi connectivity index (χ2v) is 14.2. The zero-order valence-corrected chi connectivity index (χ0v) is 26.3. The highest BCUT2D eigenvalue weighted by Crippen LogP contribution is 2.54. The summed E-state index contributed by atoms with van der Waals surface area (Å²) in [5.74, 6) is 0. The van der Waals surface area contributed by atoms with Crippen LogP contribution in [0.25, 0.3) is 11.1 Å². The van der Waals surface area contributed by atoms with Crippen LogP contribution in [0.5, 0.6) is 0 Å². The van der Waals surface area contributed by atoms with Crippen molar-refractivity contribution in [1.29, 1.82) is 0 Å². The summed E-state index contributed by atoms with van der Waals surface area (Å²) in [7, 11) is 0. The fourth-order valence-corrected chi connectivity index (χ4v) is 7.06. The van der Waals surface area contributed by atoms with Crippen molar-refractivity contribution >= 4 is 0 Å². The molecular formula is C37H54O4. The van der Waals surface area contributed by atoms with E-state index in [0.717, 1.165) is 65.7 Å². The first-order chi connectivity index (χ1) is 19.8. The smallest absolute Gasteiger partial charge is 0.0564 e. The van der Waals surface area contributed by atoms with Gasteiger partial charge in [0.1, 0.15) is 0 Å². The van der Waals surface area contributed by atoms with Crippen molar-refractivity contribution in [2.75, 3.05) is 52.9 Å². The molecule has 0 unspecified atom stereocenters. The molecule has 226 valence electrons. The maximum absolute atomic E-state index is 5.99. The molecule has 0 atom stereocenters. The number of rotatable bonds is 18. The maximum atomic E-state index is 5.99. The molecule has 0 N–H and O–H groups in total. The highest BCUT2D eigenvalue weighted by Gasteiger charge is 2.42. The van der Waals surface area contributed by atoms with Gasteiger partial charge >= 0.3 is 0 Å². The van der Waals surface area contributed by atoms with E-state index in [1.807, 2.05) is 0 Å². The first-order valence-corrected chi connectivity index (χ1v) is 16.4. The second kappa shape index (κ2) is 13.7. The summed E-state index contributed by atoms with van der Waals surface area (Å²) in [6, 6.07) is 14.4. The molecule has 0 amide bonds.